The highest BCUT2D eigenvalue weighted by atomic mass is 16.5. The molecule has 174 valence electrons. The Morgan fingerprint density at radius 2 is 1.97 bits per heavy atom. The van der Waals surface area contributed by atoms with Crippen LogP contribution >= 0.6 is 0 Å². The zero-order valence-corrected chi connectivity index (χ0v) is 19.0. The molecule has 0 aliphatic carbocycles. The van der Waals surface area contributed by atoms with E-state index in [1.165, 1.54) is 5.56 Å². The molecule has 4 rings (SSSR count). The normalized spacial score (nSPS) is 20.1. The van der Waals surface area contributed by atoms with Gasteiger partial charge in [0.05, 0.1) is 39.2 Å². The van der Waals surface area contributed by atoms with Gasteiger partial charge >= 0.3 is 0 Å². The second-order valence-electron chi connectivity index (χ2n) is 8.52. The van der Waals surface area contributed by atoms with Crippen LogP contribution in [0.25, 0.3) is 0 Å². The van der Waals surface area contributed by atoms with E-state index in [0.717, 1.165) is 90.2 Å². The van der Waals surface area contributed by atoms with E-state index in [9.17, 15) is 0 Å². The molecule has 1 aromatic heterocycles. The molecular formula is C25H36N4O3. The monoisotopic (exact) mass is 440 g/mol. The van der Waals surface area contributed by atoms with Gasteiger partial charge in [-0.25, -0.2) is 0 Å². The number of aliphatic imine (C=N–C) groups is 1. The van der Waals surface area contributed by atoms with E-state index in [0.29, 0.717) is 12.5 Å². The van der Waals surface area contributed by atoms with Crippen molar-refractivity contribution in [2.75, 3.05) is 65.6 Å². The minimum absolute atomic E-state index is 0.537. The molecule has 0 amide bonds. The molecule has 2 aromatic rings. The Balaban J connectivity index is 1.25. The summed E-state index contributed by atoms with van der Waals surface area (Å²) in [6.45, 7) is 9.72. The fourth-order valence-electron chi connectivity index (χ4n) is 4.22. The minimum Gasteiger partial charge on any atom is -0.469 e. The van der Waals surface area contributed by atoms with Crippen LogP contribution in [0.5, 0.6) is 0 Å². The van der Waals surface area contributed by atoms with Crippen molar-refractivity contribution in [1.29, 1.82) is 0 Å². The minimum atomic E-state index is 0.537. The van der Waals surface area contributed by atoms with Gasteiger partial charge in [0.2, 0.25) is 0 Å². The molecule has 2 saturated heterocycles. The Labute approximate surface area is 191 Å². The van der Waals surface area contributed by atoms with Crippen LogP contribution < -0.4 is 5.32 Å². The molecule has 1 N–H and O–H groups in total. The van der Waals surface area contributed by atoms with Crippen molar-refractivity contribution in [3.63, 3.8) is 0 Å². The summed E-state index contributed by atoms with van der Waals surface area (Å²) in [5.41, 5.74) is 1.23. The highest BCUT2D eigenvalue weighted by Gasteiger charge is 2.25. The molecule has 1 atom stereocenters. The van der Waals surface area contributed by atoms with Gasteiger partial charge in [-0.3, -0.25) is 9.89 Å². The third-order valence-electron chi connectivity index (χ3n) is 6.07. The summed E-state index contributed by atoms with van der Waals surface area (Å²) in [5, 5.41) is 3.57. The van der Waals surface area contributed by atoms with Crippen LogP contribution in [0.4, 0.5) is 0 Å². The molecule has 32 heavy (non-hydrogen) atoms. The average Bonchev–Trinajstić information content (AvgIpc) is 3.52. The molecule has 2 aliphatic heterocycles. The van der Waals surface area contributed by atoms with Gasteiger partial charge in [0.25, 0.3) is 0 Å². The van der Waals surface area contributed by atoms with Gasteiger partial charge in [0.15, 0.2) is 5.96 Å². The van der Waals surface area contributed by atoms with E-state index in [4.69, 9.17) is 18.9 Å². The van der Waals surface area contributed by atoms with Gasteiger partial charge in [-0.2, -0.15) is 0 Å². The SMILES string of the molecule is c1ccc(COCC2CCN(C(=NCCN3CCOCC3)NCCc3ccco3)C2)cc1. The van der Waals surface area contributed by atoms with E-state index in [2.05, 4.69) is 39.4 Å². The van der Waals surface area contributed by atoms with Gasteiger partial charge in [-0.05, 0) is 24.1 Å². The number of guanidine groups is 1. The summed E-state index contributed by atoms with van der Waals surface area (Å²) in [6, 6.07) is 14.3. The number of hydrogen-bond donors (Lipinski definition) is 1. The lowest BCUT2D eigenvalue weighted by molar-refractivity contribution is 0.0394. The van der Waals surface area contributed by atoms with E-state index in [-0.39, 0.29) is 0 Å². The molecule has 2 fully saturated rings. The smallest absolute Gasteiger partial charge is 0.193 e. The Hall–Kier alpha value is -2.35. The van der Waals surface area contributed by atoms with Crippen molar-refractivity contribution < 1.29 is 13.9 Å². The standard InChI is InChI=1S/C25H36N4O3/c1-2-5-22(6-3-1)20-31-21-23-9-12-29(19-23)25(26-10-8-24-7-4-16-32-24)27-11-13-28-14-17-30-18-15-28/h1-7,16,23H,8-15,17-21H2,(H,26,27). The predicted octanol–water partition coefficient (Wildman–Crippen LogP) is 2.64. The number of furan rings is 1. The first-order valence-electron chi connectivity index (χ1n) is 11.8. The van der Waals surface area contributed by atoms with Crippen molar-refractivity contribution >= 4 is 5.96 Å². The molecule has 0 radical (unpaired) electrons. The number of ether oxygens (including phenoxy) is 2. The van der Waals surface area contributed by atoms with Gasteiger partial charge < -0.3 is 24.1 Å². The van der Waals surface area contributed by atoms with Crippen molar-refractivity contribution in [2.24, 2.45) is 10.9 Å². The van der Waals surface area contributed by atoms with E-state index in [1.54, 1.807) is 6.26 Å². The van der Waals surface area contributed by atoms with Crippen molar-refractivity contribution in [3.05, 3.63) is 60.1 Å². The number of nitrogens with one attached hydrogen (secondary N) is 1. The van der Waals surface area contributed by atoms with Crippen molar-refractivity contribution in [3.8, 4) is 0 Å². The zero-order valence-electron chi connectivity index (χ0n) is 19.0. The summed E-state index contributed by atoms with van der Waals surface area (Å²) >= 11 is 0. The van der Waals surface area contributed by atoms with Crippen molar-refractivity contribution in [2.45, 2.75) is 19.4 Å². The van der Waals surface area contributed by atoms with Gasteiger partial charge in [0, 0.05) is 51.6 Å². The molecule has 2 aliphatic rings. The molecule has 0 spiro atoms. The predicted molar refractivity (Wildman–Crippen MR) is 126 cm³/mol. The Morgan fingerprint density at radius 1 is 1.09 bits per heavy atom. The first-order chi connectivity index (χ1) is 15.9. The topological polar surface area (TPSA) is 62.5 Å². The zero-order chi connectivity index (χ0) is 21.8. The van der Waals surface area contributed by atoms with Crippen LogP contribution in [0.15, 0.2) is 58.1 Å². The molecule has 1 unspecified atom stereocenters. The van der Waals surface area contributed by atoms with Gasteiger partial charge in [-0.15, -0.1) is 0 Å². The Bertz CT molecular complexity index is 791. The van der Waals surface area contributed by atoms with Crippen LogP contribution in [0.2, 0.25) is 0 Å². The lowest BCUT2D eigenvalue weighted by atomic mass is 10.1. The first-order valence-corrected chi connectivity index (χ1v) is 11.8. The van der Waals surface area contributed by atoms with Crippen LogP contribution in [0, 0.1) is 5.92 Å². The molecule has 7 nitrogen and oxygen atoms in total. The lowest BCUT2D eigenvalue weighted by Crippen LogP contribution is -2.42. The van der Waals surface area contributed by atoms with Gasteiger partial charge in [-0.1, -0.05) is 30.3 Å². The number of nitrogens with zero attached hydrogens (tertiary/aromatic N) is 3. The van der Waals surface area contributed by atoms with Crippen LogP contribution in [0.1, 0.15) is 17.7 Å². The number of likely N-dealkylation sites (tertiary alicyclic amines) is 1. The Morgan fingerprint density at radius 3 is 2.78 bits per heavy atom. The fraction of sp³-hybridized carbons (Fsp3) is 0.560. The summed E-state index contributed by atoms with van der Waals surface area (Å²) in [7, 11) is 0. The molecule has 7 heteroatoms. The third kappa shape index (κ3) is 7.36. The maximum Gasteiger partial charge on any atom is 0.193 e. The van der Waals surface area contributed by atoms with Gasteiger partial charge in [0.1, 0.15) is 5.76 Å². The highest BCUT2D eigenvalue weighted by molar-refractivity contribution is 5.80. The van der Waals surface area contributed by atoms with Crippen molar-refractivity contribution in [1.82, 2.24) is 15.1 Å². The Kier molecular flexibility index (Phi) is 9.01. The average molecular weight is 441 g/mol. The largest absolute Gasteiger partial charge is 0.469 e. The number of morpholine rings is 1. The van der Waals surface area contributed by atoms with E-state index >= 15 is 0 Å². The lowest BCUT2D eigenvalue weighted by Gasteiger charge is -2.26. The maximum absolute atomic E-state index is 6.00. The summed E-state index contributed by atoms with van der Waals surface area (Å²) < 4.78 is 16.9. The van der Waals surface area contributed by atoms with E-state index in [1.807, 2.05) is 18.2 Å². The molecule has 0 saturated carbocycles. The summed E-state index contributed by atoms with van der Waals surface area (Å²) in [5.74, 6) is 2.55. The van der Waals surface area contributed by atoms with Crippen LogP contribution in [0.3, 0.4) is 0 Å². The molecular weight excluding hydrogens is 404 g/mol. The second kappa shape index (κ2) is 12.6. The van der Waals surface area contributed by atoms with E-state index < -0.39 is 0 Å². The maximum atomic E-state index is 6.00. The molecule has 0 bridgehead atoms. The number of hydrogen-bond acceptors (Lipinski definition) is 5. The van der Waals surface area contributed by atoms with Crippen LogP contribution in [-0.4, -0.2) is 81.4 Å². The highest BCUT2D eigenvalue weighted by Crippen LogP contribution is 2.17. The summed E-state index contributed by atoms with van der Waals surface area (Å²) in [4.78, 5) is 9.77. The molecule has 1 aromatic carbocycles. The van der Waals surface area contributed by atoms with Crippen LogP contribution in [-0.2, 0) is 22.5 Å². The fourth-order valence-corrected chi connectivity index (χ4v) is 4.22. The summed E-state index contributed by atoms with van der Waals surface area (Å²) in [6.07, 6.45) is 3.72. The number of benzene rings is 1. The molecule has 3 heterocycles. The quantitative estimate of drug-likeness (QED) is 0.453. The third-order valence-corrected chi connectivity index (χ3v) is 6.07. The first kappa shape index (κ1) is 22.8. The second-order valence-corrected chi connectivity index (χ2v) is 8.52. The number of rotatable bonds is 10.